The summed E-state index contributed by atoms with van der Waals surface area (Å²) in [6.45, 7) is 3.50. The number of carbonyl (C=O) groups excluding carboxylic acids is 2. The molecule has 3 aromatic heterocycles. The van der Waals surface area contributed by atoms with Crippen LogP contribution >= 0.6 is 11.6 Å². The summed E-state index contributed by atoms with van der Waals surface area (Å²) in [4.78, 5) is 26.3. The fourth-order valence-electron chi connectivity index (χ4n) is 3.78. The molecule has 0 fully saturated rings. The van der Waals surface area contributed by atoms with Gasteiger partial charge in [-0.05, 0) is 32.0 Å². The Morgan fingerprint density at radius 2 is 1.78 bits per heavy atom. The van der Waals surface area contributed by atoms with E-state index in [9.17, 15) is 18.0 Å². The van der Waals surface area contributed by atoms with Gasteiger partial charge in [-0.15, -0.1) is 0 Å². The standard InChI is InChI=1S/C23H23ClN6O5S/c1-13-8-9-30(26-13)12-18-19(36(5,33)34)7-6-15(20(18)24)21(31)16-10-25-29(4)22(16)35-23(32)17-11-28(3)27-14(17)2/h6-11H,12H2,1-5H3. The maximum absolute atomic E-state index is 13.5. The third-order valence-corrected chi connectivity index (χ3v) is 7.10. The Balaban J connectivity index is 1.75. The van der Waals surface area contributed by atoms with Crippen molar-refractivity contribution in [2.75, 3.05) is 6.26 Å². The van der Waals surface area contributed by atoms with Gasteiger partial charge in [-0.25, -0.2) is 17.9 Å². The largest absolute Gasteiger partial charge is 0.403 e. The molecule has 0 aliphatic heterocycles. The van der Waals surface area contributed by atoms with Crippen LogP contribution in [0.5, 0.6) is 5.88 Å². The van der Waals surface area contributed by atoms with Crippen molar-refractivity contribution in [2.45, 2.75) is 25.3 Å². The molecule has 1 aromatic carbocycles. The number of benzene rings is 1. The van der Waals surface area contributed by atoms with Gasteiger partial charge < -0.3 is 4.74 Å². The van der Waals surface area contributed by atoms with Gasteiger partial charge in [0.05, 0.1) is 34.0 Å². The molecule has 0 aliphatic carbocycles. The summed E-state index contributed by atoms with van der Waals surface area (Å²) in [6, 6.07) is 4.44. The fraction of sp³-hybridized carbons (Fsp3) is 0.261. The van der Waals surface area contributed by atoms with Gasteiger partial charge in [0.2, 0.25) is 11.7 Å². The van der Waals surface area contributed by atoms with Gasteiger partial charge in [-0.2, -0.15) is 15.3 Å². The fourth-order valence-corrected chi connectivity index (χ4v) is 5.07. The third-order valence-electron chi connectivity index (χ3n) is 5.49. The van der Waals surface area contributed by atoms with Gasteiger partial charge >= 0.3 is 5.97 Å². The lowest BCUT2D eigenvalue weighted by molar-refractivity contribution is 0.0717. The molecule has 0 amide bonds. The number of nitrogens with zero attached hydrogens (tertiary/aromatic N) is 6. The lowest BCUT2D eigenvalue weighted by Gasteiger charge is -2.14. The molecule has 0 aliphatic rings. The Morgan fingerprint density at radius 1 is 1.06 bits per heavy atom. The number of ketones is 1. The number of carbonyl (C=O) groups is 2. The number of rotatable bonds is 7. The monoisotopic (exact) mass is 530 g/mol. The first-order valence-electron chi connectivity index (χ1n) is 10.7. The average Bonchev–Trinajstić information content (AvgIpc) is 3.47. The third kappa shape index (κ3) is 4.82. The summed E-state index contributed by atoms with van der Waals surface area (Å²) in [6.07, 6.45) is 5.53. The summed E-state index contributed by atoms with van der Waals surface area (Å²) in [5, 5.41) is 12.4. The zero-order chi connectivity index (χ0) is 26.4. The molecule has 0 N–H and O–H groups in total. The van der Waals surface area contributed by atoms with Crippen molar-refractivity contribution in [2.24, 2.45) is 14.1 Å². The highest BCUT2D eigenvalue weighted by Gasteiger charge is 2.28. The molecule has 0 unspecified atom stereocenters. The summed E-state index contributed by atoms with van der Waals surface area (Å²) >= 11 is 6.63. The lowest BCUT2D eigenvalue weighted by Crippen LogP contribution is -2.15. The molecule has 13 heteroatoms. The molecule has 0 radical (unpaired) electrons. The molecule has 3 heterocycles. The predicted molar refractivity (Wildman–Crippen MR) is 130 cm³/mol. The molecule has 0 atom stereocenters. The lowest BCUT2D eigenvalue weighted by atomic mass is 10.0. The first-order valence-corrected chi connectivity index (χ1v) is 12.9. The predicted octanol–water partition coefficient (Wildman–Crippen LogP) is 2.52. The van der Waals surface area contributed by atoms with Gasteiger partial charge in [0.1, 0.15) is 11.1 Å². The van der Waals surface area contributed by atoms with E-state index in [-0.39, 0.29) is 44.6 Å². The molecule has 0 bridgehead atoms. The highest BCUT2D eigenvalue weighted by molar-refractivity contribution is 7.90. The minimum Gasteiger partial charge on any atom is -0.403 e. The highest BCUT2D eigenvalue weighted by atomic mass is 35.5. The number of halogens is 1. The van der Waals surface area contributed by atoms with Crippen LogP contribution in [0.2, 0.25) is 5.02 Å². The summed E-state index contributed by atoms with van der Waals surface area (Å²) in [5.74, 6) is -1.37. The van der Waals surface area contributed by atoms with Crippen LogP contribution in [0.4, 0.5) is 0 Å². The second kappa shape index (κ2) is 9.36. The molecule has 36 heavy (non-hydrogen) atoms. The second-order valence-corrected chi connectivity index (χ2v) is 10.7. The summed E-state index contributed by atoms with van der Waals surface area (Å²) in [5.41, 5.74) is 1.69. The van der Waals surface area contributed by atoms with Crippen molar-refractivity contribution < 1.29 is 22.7 Å². The number of aryl methyl sites for hydroxylation is 4. The van der Waals surface area contributed by atoms with Crippen LogP contribution < -0.4 is 4.74 Å². The SMILES string of the molecule is Cc1ccn(Cc2c(S(C)(=O)=O)ccc(C(=O)c3cnn(C)c3OC(=O)c3cn(C)nc3C)c2Cl)n1. The van der Waals surface area contributed by atoms with Gasteiger partial charge in [-0.1, -0.05) is 11.6 Å². The summed E-state index contributed by atoms with van der Waals surface area (Å²) in [7, 11) is -0.463. The van der Waals surface area contributed by atoms with E-state index in [2.05, 4.69) is 15.3 Å². The molecule has 0 saturated heterocycles. The van der Waals surface area contributed by atoms with Crippen LogP contribution in [0.3, 0.4) is 0 Å². The Bertz CT molecular complexity index is 1620. The second-order valence-electron chi connectivity index (χ2n) is 8.34. The van der Waals surface area contributed by atoms with Crippen molar-refractivity contribution in [3.05, 3.63) is 75.5 Å². The Hall–Kier alpha value is -3.77. The Morgan fingerprint density at radius 3 is 2.36 bits per heavy atom. The van der Waals surface area contributed by atoms with Crippen LogP contribution in [0.15, 0.2) is 41.7 Å². The van der Waals surface area contributed by atoms with E-state index < -0.39 is 21.6 Å². The number of esters is 1. The first kappa shape index (κ1) is 25.3. The quantitative estimate of drug-likeness (QED) is 0.263. The molecule has 188 valence electrons. The van der Waals surface area contributed by atoms with E-state index in [1.165, 1.54) is 45.6 Å². The summed E-state index contributed by atoms with van der Waals surface area (Å²) < 4.78 is 34.7. The van der Waals surface area contributed by atoms with Gasteiger partial charge in [0.15, 0.2) is 9.84 Å². The minimum atomic E-state index is -3.66. The molecular weight excluding hydrogens is 508 g/mol. The first-order chi connectivity index (χ1) is 16.9. The zero-order valence-electron chi connectivity index (χ0n) is 20.2. The smallest absolute Gasteiger partial charge is 0.348 e. The topological polar surface area (TPSA) is 131 Å². The van der Waals surface area contributed by atoms with E-state index in [4.69, 9.17) is 16.3 Å². The average molecular weight is 531 g/mol. The molecule has 11 nitrogen and oxygen atoms in total. The zero-order valence-corrected chi connectivity index (χ0v) is 21.8. The maximum atomic E-state index is 13.5. The number of hydrogen-bond acceptors (Lipinski definition) is 8. The number of hydrogen-bond donors (Lipinski definition) is 0. The highest BCUT2D eigenvalue weighted by Crippen LogP contribution is 2.32. The van der Waals surface area contributed by atoms with Crippen LogP contribution in [0, 0.1) is 13.8 Å². The molecule has 0 spiro atoms. The van der Waals surface area contributed by atoms with E-state index in [1.807, 2.05) is 0 Å². The normalized spacial score (nSPS) is 11.6. The van der Waals surface area contributed by atoms with Crippen molar-refractivity contribution in [3.63, 3.8) is 0 Å². The molecule has 4 aromatic rings. The Kier molecular flexibility index (Phi) is 6.58. The molecular formula is C23H23ClN6O5S. The van der Waals surface area contributed by atoms with Gasteiger partial charge in [-0.3, -0.25) is 14.2 Å². The van der Waals surface area contributed by atoms with E-state index in [0.29, 0.717) is 5.69 Å². The van der Waals surface area contributed by atoms with Crippen molar-refractivity contribution in [3.8, 4) is 5.88 Å². The van der Waals surface area contributed by atoms with E-state index in [1.54, 1.807) is 33.2 Å². The van der Waals surface area contributed by atoms with Crippen LogP contribution in [0.25, 0.3) is 0 Å². The molecule has 4 rings (SSSR count). The molecule has 0 saturated carbocycles. The number of sulfone groups is 1. The minimum absolute atomic E-state index is 0.0118. The van der Waals surface area contributed by atoms with Crippen LogP contribution in [-0.4, -0.2) is 55.8 Å². The van der Waals surface area contributed by atoms with Crippen LogP contribution in [0.1, 0.15) is 43.2 Å². The van der Waals surface area contributed by atoms with Crippen LogP contribution in [-0.2, 0) is 30.5 Å². The van der Waals surface area contributed by atoms with Gasteiger partial charge in [0, 0.05) is 43.9 Å². The number of ether oxygens (including phenoxy) is 1. The van der Waals surface area contributed by atoms with Crippen molar-refractivity contribution in [1.29, 1.82) is 0 Å². The van der Waals surface area contributed by atoms with Crippen molar-refractivity contribution in [1.82, 2.24) is 29.3 Å². The van der Waals surface area contributed by atoms with Gasteiger partial charge in [0.25, 0.3) is 0 Å². The Labute approximate surface area is 212 Å². The van der Waals surface area contributed by atoms with E-state index in [0.717, 1.165) is 11.9 Å². The maximum Gasteiger partial charge on any atom is 0.348 e. The van der Waals surface area contributed by atoms with E-state index >= 15 is 0 Å². The number of aromatic nitrogens is 6. The van der Waals surface area contributed by atoms with Crippen molar-refractivity contribution >= 4 is 33.2 Å².